The van der Waals surface area contributed by atoms with Crippen LogP contribution in [0.3, 0.4) is 0 Å². The lowest BCUT2D eigenvalue weighted by atomic mass is 10.0. The van der Waals surface area contributed by atoms with Crippen LogP contribution in [0, 0.1) is 5.92 Å². The molecule has 3 atom stereocenters. The van der Waals surface area contributed by atoms with Gasteiger partial charge in [-0.2, -0.15) is 0 Å². The van der Waals surface area contributed by atoms with E-state index in [1.807, 2.05) is 12.1 Å². The third-order valence-electron chi connectivity index (χ3n) is 5.08. The van der Waals surface area contributed by atoms with E-state index in [4.69, 9.17) is 0 Å². The summed E-state index contributed by atoms with van der Waals surface area (Å²) in [6.45, 7) is 1.73. The van der Waals surface area contributed by atoms with E-state index >= 15 is 0 Å². The standard InChI is InChI=1S/C19H24O3P2/c1-15(24(20,21)22)18-13-8-14-19(18)23(16-9-4-2-5-10-16)17-11-6-3-7-12-17/h2-7,9-12,15,18-19H,8,13-14H2,1H3,(H2,20,21,22)/t15-,18?,19?/m1/s1. The zero-order chi connectivity index (χ0) is 17.2. The minimum absolute atomic E-state index is 0.0809. The van der Waals surface area contributed by atoms with E-state index in [1.54, 1.807) is 6.92 Å². The smallest absolute Gasteiger partial charge is 0.324 e. The van der Waals surface area contributed by atoms with Crippen molar-refractivity contribution in [3.8, 4) is 0 Å². The molecule has 3 rings (SSSR count). The van der Waals surface area contributed by atoms with Crippen LogP contribution >= 0.6 is 15.5 Å². The van der Waals surface area contributed by atoms with Crippen LogP contribution in [0.4, 0.5) is 0 Å². The predicted molar refractivity (Wildman–Crippen MR) is 102 cm³/mol. The van der Waals surface area contributed by atoms with Gasteiger partial charge in [-0.15, -0.1) is 0 Å². The summed E-state index contributed by atoms with van der Waals surface area (Å²) in [6, 6.07) is 20.9. The molecule has 2 N–H and O–H groups in total. The number of hydrogen-bond acceptors (Lipinski definition) is 1. The monoisotopic (exact) mass is 362 g/mol. The summed E-state index contributed by atoms with van der Waals surface area (Å²) >= 11 is 0. The Labute approximate surface area is 145 Å². The highest BCUT2D eigenvalue weighted by Gasteiger charge is 2.43. The van der Waals surface area contributed by atoms with E-state index in [2.05, 4.69) is 48.5 Å². The van der Waals surface area contributed by atoms with Crippen LogP contribution in [0.1, 0.15) is 26.2 Å². The first-order valence-corrected chi connectivity index (χ1v) is 11.5. The quantitative estimate of drug-likeness (QED) is 0.795. The molecule has 2 unspecified atom stereocenters. The van der Waals surface area contributed by atoms with Crippen LogP contribution < -0.4 is 10.6 Å². The first kappa shape index (κ1) is 17.8. The van der Waals surface area contributed by atoms with Gasteiger partial charge in [0.25, 0.3) is 0 Å². The molecule has 2 aromatic carbocycles. The van der Waals surface area contributed by atoms with Crippen LogP contribution in [-0.4, -0.2) is 21.1 Å². The van der Waals surface area contributed by atoms with Crippen LogP contribution in [0.15, 0.2) is 60.7 Å². The molecule has 1 fully saturated rings. The van der Waals surface area contributed by atoms with Crippen molar-refractivity contribution in [2.45, 2.75) is 37.5 Å². The summed E-state index contributed by atoms with van der Waals surface area (Å²) in [7, 11) is -4.67. The first-order valence-electron chi connectivity index (χ1n) is 8.43. The summed E-state index contributed by atoms with van der Waals surface area (Å²) in [4.78, 5) is 19.4. The van der Waals surface area contributed by atoms with Gasteiger partial charge in [0.1, 0.15) is 0 Å². The highest BCUT2D eigenvalue weighted by molar-refractivity contribution is 7.73. The van der Waals surface area contributed by atoms with Crippen molar-refractivity contribution in [1.29, 1.82) is 0 Å². The van der Waals surface area contributed by atoms with Gasteiger partial charge in [0, 0.05) is 0 Å². The molecule has 2 aromatic rings. The van der Waals surface area contributed by atoms with Crippen molar-refractivity contribution < 1.29 is 14.4 Å². The molecule has 5 heteroatoms. The normalized spacial score (nSPS) is 22.7. The molecule has 0 saturated heterocycles. The summed E-state index contributed by atoms with van der Waals surface area (Å²) in [5.74, 6) is 0.0809. The molecule has 0 aliphatic heterocycles. The molecule has 0 spiro atoms. The molecular formula is C19H24O3P2. The van der Waals surface area contributed by atoms with E-state index in [1.165, 1.54) is 10.6 Å². The predicted octanol–water partition coefficient (Wildman–Crippen LogP) is 3.85. The minimum Gasteiger partial charge on any atom is -0.324 e. The zero-order valence-corrected chi connectivity index (χ0v) is 15.6. The molecule has 0 bridgehead atoms. The summed E-state index contributed by atoms with van der Waals surface area (Å²) in [5.41, 5.74) is -0.241. The maximum absolute atomic E-state index is 11.9. The fraction of sp³-hybridized carbons (Fsp3) is 0.368. The highest BCUT2D eigenvalue weighted by Crippen LogP contribution is 2.57. The molecule has 0 radical (unpaired) electrons. The van der Waals surface area contributed by atoms with Gasteiger partial charge in [0.05, 0.1) is 5.66 Å². The lowest BCUT2D eigenvalue weighted by Gasteiger charge is -2.33. The van der Waals surface area contributed by atoms with Crippen molar-refractivity contribution in [3.05, 3.63) is 60.7 Å². The molecule has 24 heavy (non-hydrogen) atoms. The highest BCUT2D eigenvalue weighted by atomic mass is 31.2. The number of benzene rings is 2. The average molecular weight is 362 g/mol. The molecule has 128 valence electrons. The van der Waals surface area contributed by atoms with E-state index < -0.39 is 21.2 Å². The second kappa shape index (κ2) is 7.50. The summed E-state index contributed by atoms with van der Waals surface area (Å²) < 4.78 is 11.9. The van der Waals surface area contributed by atoms with Gasteiger partial charge < -0.3 is 9.79 Å². The Bertz CT molecular complexity index is 660. The molecule has 1 aliphatic rings. The Kier molecular flexibility index (Phi) is 5.57. The molecule has 1 aliphatic carbocycles. The second-order valence-corrected chi connectivity index (χ2v) is 11.0. The lowest BCUT2D eigenvalue weighted by Crippen LogP contribution is -2.30. The Balaban J connectivity index is 2.01. The lowest BCUT2D eigenvalue weighted by molar-refractivity contribution is 0.339. The summed E-state index contributed by atoms with van der Waals surface area (Å²) in [6.07, 6.45) is 3.01. The van der Waals surface area contributed by atoms with Gasteiger partial charge in [0.2, 0.25) is 0 Å². The molecule has 0 aromatic heterocycles. The van der Waals surface area contributed by atoms with Gasteiger partial charge in [0.15, 0.2) is 0 Å². The molecular weight excluding hydrogens is 338 g/mol. The first-order chi connectivity index (χ1) is 11.5. The SMILES string of the molecule is C[C@H](C1CCCC1P(c1ccccc1)c1ccccc1)P(=O)(O)O. The van der Waals surface area contributed by atoms with Crippen molar-refractivity contribution in [3.63, 3.8) is 0 Å². The van der Waals surface area contributed by atoms with E-state index in [-0.39, 0.29) is 5.92 Å². The van der Waals surface area contributed by atoms with Crippen molar-refractivity contribution in [1.82, 2.24) is 0 Å². The number of hydrogen-bond donors (Lipinski definition) is 2. The van der Waals surface area contributed by atoms with Gasteiger partial charge in [-0.1, -0.05) is 74.0 Å². The van der Waals surface area contributed by atoms with Crippen LogP contribution in [-0.2, 0) is 4.57 Å². The summed E-state index contributed by atoms with van der Waals surface area (Å²) in [5, 5.41) is 2.60. The average Bonchev–Trinajstić information content (AvgIpc) is 3.04. The van der Waals surface area contributed by atoms with Crippen LogP contribution in [0.25, 0.3) is 0 Å². The Morgan fingerprint density at radius 2 is 1.46 bits per heavy atom. The fourth-order valence-corrected chi connectivity index (χ4v) is 8.08. The zero-order valence-electron chi connectivity index (χ0n) is 13.8. The molecule has 0 amide bonds. The maximum Gasteiger partial charge on any atom is 0.328 e. The third kappa shape index (κ3) is 3.81. The van der Waals surface area contributed by atoms with Crippen LogP contribution in [0.5, 0.6) is 0 Å². The topological polar surface area (TPSA) is 57.5 Å². The van der Waals surface area contributed by atoms with Gasteiger partial charge >= 0.3 is 7.60 Å². The third-order valence-corrected chi connectivity index (χ3v) is 9.54. The van der Waals surface area contributed by atoms with Gasteiger partial charge in [-0.25, -0.2) is 0 Å². The van der Waals surface area contributed by atoms with E-state index in [9.17, 15) is 14.4 Å². The Morgan fingerprint density at radius 3 is 1.92 bits per heavy atom. The van der Waals surface area contributed by atoms with Gasteiger partial charge in [-0.3, -0.25) is 4.57 Å². The van der Waals surface area contributed by atoms with E-state index in [0.717, 1.165) is 19.3 Å². The Morgan fingerprint density at radius 1 is 0.958 bits per heavy atom. The number of rotatable bonds is 5. The van der Waals surface area contributed by atoms with Crippen molar-refractivity contribution in [2.75, 3.05) is 0 Å². The van der Waals surface area contributed by atoms with Crippen LogP contribution in [0.2, 0.25) is 0 Å². The van der Waals surface area contributed by atoms with E-state index in [0.29, 0.717) is 5.66 Å². The Hall–Kier alpha value is -0.980. The van der Waals surface area contributed by atoms with Gasteiger partial charge in [-0.05, 0) is 42.9 Å². The maximum atomic E-state index is 11.9. The molecule has 1 saturated carbocycles. The van der Waals surface area contributed by atoms with Crippen molar-refractivity contribution in [2.24, 2.45) is 5.92 Å². The second-order valence-electron chi connectivity index (χ2n) is 6.53. The largest absolute Gasteiger partial charge is 0.328 e. The van der Waals surface area contributed by atoms with Crippen molar-refractivity contribution >= 4 is 26.1 Å². The minimum atomic E-state index is -4.06. The molecule has 0 heterocycles. The fourth-order valence-electron chi connectivity index (χ4n) is 3.81. The molecule has 3 nitrogen and oxygen atoms in total.